The quantitative estimate of drug-likeness (QED) is 0.546. The predicted molar refractivity (Wildman–Crippen MR) is 46.3 cm³/mol. The molecule has 1 aliphatic rings. The van der Waals surface area contributed by atoms with Gasteiger partial charge in [-0.1, -0.05) is 6.08 Å². The lowest BCUT2D eigenvalue weighted by Crippen LogP contribution is -1.89. The van der Waals surface area contributed by atoms with Gasteiger partial charge in [0.05, 0.1) is 0 Å². The maximum Gasteiger partial charge on any atom is 0.0309 e. The van der Waals surface area contributed by atoms with E-state index in [2.05, 4.69) is 24.9 Å². The lowest BCUT2D eigenvalue weighted by atomic mass is 10.0. The van der Waals surface area contributed by atoms with Gasteiger partial charge in [-0.25, -0.2) is 0 Å². The van der Waals surface area contributed by atoms with Crippen LogP contribution in [0, 0.1) is 6.92 Å². The van der Waals surface area contributed by atoms with Crippen molar-refractivity contribution in [3.05, 3.63) is 35.2 Å². The Hall–Kier alpha value is -1.11. The zero-order chi connectivity index (χ0) is 7.84. The number of allylic oxidation sites excluding steroid dienone is 2. The summed E-state index contributed by atoms with van der Waals surface area (Å²) in [4.78, 5) is 4.16. The van der Waals surface area contributed by atoms with E-state index in [1.807, 2.05) is 12.4 Å². The van der Waals surface area contributed by atoms with Gasteiger partial charge in [-0.15, -0.1) is 0 Å². The summed E-state index contributed by atoms with van der Waals surface area (Å²) in [7, 11) is 0. The van der Waals surface area contributed by atoms with Crippen LogP contribution in [0.5, 0.6) is 0 Å². The molecule has 0 amide bonds. The van der Waals surface area contributed by atoms with Crippen molar-refractivity contribution in [2.45, 2.75) is 20.3 Å². The van der Waals surface area contributed by atoms with Crippen LogP contribution in [-0.2, 0) is 6.42 Å². The highest BCUT2D eigenvalue weighted by Gasteiger charge is 2.11. The summed E-state index contributed by atoms with van der Waals surface area (Å²) >= 11 is 0. The smallest absolute Gasteiger partial charge is 0.0309 e. The Labute approximate surface area is 66.8 Å². The van der Waals surface area contributed by atoms with Crippen molar-refractivity contribution in [3.63, 3.8) is 0 Å². The molecule has 0 aliphatic heterocycles. The van der Waals surface area contributed by atoms with Crippen molar-refractivity contribution >= 4 is 5.57 Å². The van der Waals surface area contributed by atoms with Crippen LogP contribution in [0.3, 0.4) is 0 Å². The molecule has 1 heteroatoms. The Balaban J connectivity index is 2.67. The third-order valence-corrected chi connectivity index (χ3v) is 2.24. The van der Waals surface area contributed by atoms with E-state index in [0.717, 1.165) is 6.42 Å². The zero-order valence-electron chi connectivity index (χ0n) is 6.89. The molecule has 56 valence electrons. The first-order chi connectivity index (χ1) is 5.29. The fourth-order valence-corrected chi connectivity index (χ4v) is 1.71. The van der Waals surface area contributed by atoms with Gasteiger partial charge < -0.3 is 0 Å². The van der Waals surface area contributed by atoms with Crippen molar-refractivity contribution in [3.8, 4) is 0 Å². The molecule has 0 spiro atoms. The monoisotopic (exact) mass is 145 g/mol. The largest absolute Gasteiger partial charge is 0.264 e. The predicted octanol–water partition coefficient (Wildman–Crippen LogP) is 2.35. The summed E-state index contributed by atoms with van der Waals surface area (Å²) in [6.07, 6.45) is 7.23. The van der Waals surface area contributed by atoms with Crippen LogP contribution in [0.25, 0.3) is 5.57 Å². The molecular weight excluding hydrogens is 134 g/mol. The molecule has 1 aromatic rings. The van der Waals surface area contributed by atoms with E-state index in [9.17, 15) is 0 Å². The molecule has 0 radical (unpaired) electrons. The standard InChI is InChI=1S/C10H11N/c1-7-3-4-9-6-11-5-8(2)10(7)9/h3,5-6H,4H2,1-2H3. The van der Waals surface area contributed by atoms with E-state index < -0.39 is 0 Å². The lowest BCUT2D eigenvalue weighted by molar-refractivity contribution is 1.17. The average Bonchev–Trinajstić information content (AvgIpc) is 2.34. The Morgan fingerprint density at radius 1 is 1.27 bits per heavy atom. The Morgan fingerprint density at radius 2 is 2.09 bits per heavy atom. The van der Waals surface area contributed by atoms with Gasteiger partial charge in [-0.05, 0) is 42.5 Å². The number of rotatable bonds is 0. The third-order valence-electron chi connectivity index (χ3n) is 2.24. The highest BCUT2D eigenvalue weighted by Crippen LogP contribution is 2.28. The minimum Gasteiger partial charge on any atom is -0.264 e. The molecular formula is C10H11N. The second-order valence-electron chi connectivity index (χ2n) is 3.08. The molecule has 0 bridgehead atoms. The fourth-order valence-electron chi connectivity index (χ4n) is 1.71. The summed E-state index contributed by atoms with van der Waals surface area (Å²) in [5, 5.41) is 0. The Kier molecular flexibility index (Phi) is 1.31. The highest BCUT2D eigenvalue weighted by atomic mass is 14.6. The van der Waals surface area contributed by atoms with Crippen molar-refractivity contribution in [2.75, 3.05) is 0 Å². The van der Waals surface area contributed by atoms with Crippen LogP contribution in [0.15, 0.2) is 18.5 Å². The molecule has 0 aromatic carbocycles. The number of aromatic nitrogens is 1. The molecule has 1 aliphatic carbocycles. The van der Waals surface area contributed by atoms with E-state index in [1.165, 1.54) is 22.3 Å². The summed E-state index contributed by atoms with van der Waals surface area (Å²) in [6, 6.07) is 0. The van der Waals surface area contributed by atoms with Gasteiger partial charge in [-0.2, -0.15) is 0 Å². The Bertz CT molecular complexity index is 324. The molecule has 0 atom stereocenters. The second-order valence-corrected chi connectivity index (χ2v) is 3.08. The summed E-state index contributed by atoms with van der Waals surface area (Å²) in [6.45, 7) is 4.29. The maximum absolute atomic E-state index is 4.16. The number of nitrogens with zero attached hydrogens (tertiary/aromatic N) is 1. The van der Waals surface area contributed by atoms with Gasteiger partial charge in [0, 0.05) is 12.4 Å². The van der Waals surface area contributed by atoms with Crippen molar-refractivity contribution in [1.82, 2.24) is 4.98 Å². The molecule has 0 saturated carbocycles. The van der Waals surface area contributed by atoms with E-state index in [0.29, 0.717) is 0 Å². The zero-order valence-corrected chi connectivity index (χ0v) is 6.89. The van der Waals surface area contributed by atoms with Gasteiger partial charge in [0.2, 0.25) is 0 Å². The van der Waals surface area contributed by atoms with Gasteiger partial charge in [-0.3, -0.25) is 4.98 Å². The molecule has 0 saturated heterocycles. The Morgan fingerprint density at radius 3 is 2.82 bits per heavy atom. The van der Waals surface area contributed by atoms with Gasteiger partial charge in [0.15, 0.2) is 0 Å². The van der Waals surface area contributed by atoms with E-state index in [4.69, 9.17) is 0 Å². The molecule has 0 N–H and O–H groups in total. The van der Waals surface area contributed by atoms with Crippen LogP contribution in [0.2, 0.25) is 0 Å². The normalized spacial score (nSPS) is 14.5. The molecule has 1 heterocycles. The average molecular weight is 145 g/mol. The SMILES string of the molecule is CC1=CCc2cncc(C)c21. The van der Waals surface area contributed by atoms with Crippen molar-refractivity contribution < 1.29 is 0 Å². The van der Waals surface area contributed by atoms with Crippen LogP contribution < -0.4 is 0 Å². The number of hydrogen-bond acceptors (Lipinski definition) is 1. The second kappa shape index (κ2) is 2.19. The van der Waals surface area contributed by atoms with Gasteiger partial charge in [0.1, 0.15) is 0 Å². The number of fused-ring (bicyclic) bond motifs is 1. The van der Waals surface area contributed by atoms with E-state index in [-0.39, 0.29) is 0 Å². The highest BCUT2D eigenvalue weighted by molar-refractivity contribution is 5.73. The van der Waals surface area contributed by atoms with Crippen molar-refractivity contribution in [1.29, 1.82) is 0 Å². The van der Waals surface area contributed by atoms with Crippen LogP contribution in [0.4, 0.5) is 0 Å². The van der Waals surface area contributed by atoms with E-state index in [1.54, 1.807) is 0 Å². The lowest BCUT2D eigenvalue weighted by Gasteiger charge is -2.03. The maximum atomic E-state index is 4.16. The van der Waals surface area contributed by atoms with Gasteiger partial charge >= 0.3 is 0 Å². The molecule has 0 unspecified atom stereocenters. The van der Waals surface area contributed by atoms with Crippen molar-refractivity contribution in [2.24, 2.45) is 0 Å². The topological polar surface area (TPSA) is 12.9 Å². The summed E-state index contributed by atoms with van der Waals surface area (Å²) < 4.78 is 0. The van der Waals surface area contributed by atoms with Crippen LogP contribution in [-0.4, -0.2) is 4.98 Å². The number of pyridine rings is 1. The molecule has 1 nitrogen and oxygen atoms in total. The van der Waals surface area contributed by atoms with Crippen LogP contribution in [0.1, 0.15) is 23.6 Å². The van der Waals surface area contributed by atoms with E-state index >= 15 is 0 Å². The van der Waals surface area contributed by atoms with Gasteiger partial charge in [0.25, 0.3) is 0 Å². The molecule has 11 heavy (non-hydrogen) atoms. The first kappa shape index (κ1) is 6.59. The first-order valence-electron chi connectivity index (χ1n) is 3.89. The number of hydrogen-bond donors (Lipinski definition) is 0. The summed E-state index contributed by atoms with van der Waals surface area (Å²) in [5.74, 6) is 0. The molecule has 1 aromatic heterocycles. The minimum absolute atomic E-state index is 1.07. The summed E-state index contributed by atoms with van der Waals surface area (Å²) in [5.41, 5.74) is 5.50. The molecule has 2 rings (SSSR count). The third kappa shape index (κ3) is 0.881. The first-order valence-corrected chi connectivity index (χ1v) is 3.89. The van der Waals surface area contributed by atoms with Crippen LogP contribution >= 0.6 is 0 Å². The molecule has 0 fully saturated rings. The number of aryl methyl sites for hydroxylation is 1. The minimum atomic E-state index is 1.07. The fraction of sp³-hybridized carbons (Fsp3) is 0.300.